The van der Waals surface area contributed by atoms with Crippen molar-refractivity contribution in [2.24, 2.45) is 0 Å². The van der Waals surface area contributed by atoms with Crippen LogP contribution in [0.15, 0.2) is 22.7 Å². The summed E-state index contributed by atoms with van der Waals surface area (Å²) in [6.07, 6.45) is -2.50. The molecule has 0 spiro atoms. The molecule has 0 radical (unpaired) electrons. The highest BCUT2D eigenvalue weighted by atomic mass is 79.9. The summed E-state index contributed by atoms with van der Waals surface area (Å²) in [5, 5.41) is 3.81. The predicted octanol–water partition coefficient (Wildman–Crippen LogP) is 3.70. The fraction of sp³-hybridized carbons (Fsp3) is 0.538. The molecule has 1 heterocycles. The lowest BCUT2D eigenvalue weighted by atomic mass is 10.0. The summed E-state index contributed by atoms with van der Waals surface area (Å²) in [6.45, 7) is 3.21. The molecule has 1 aliphatic rings. The van der Waals surface area contributed by atoms with Gasteiger partial charge in [-0.25, -0.2) is 8.78 Å². The Kier molecular flexibility index (Phi) is 5.57. The number of nitrogens with one attached hydrogen (secondary N) is 1. The molecule has 19 heavy (non-hydrogen) atoms. The summed E-state index contributed by atoms with van der Waals surface area (Å²) >= 11 is 9.44. The molecular weight excluding hydrogens is 338 g/mol. The van der Waals surface area contributed by atoms with E-state index >= 15 is 0 Å². The molecule has 0 saturated carbocycles. The molecule has 1 saturated heterocycles. The van der Waals surface area contributed by atoms with Gasteiger partial charge in [0.2, 0.25) is 6.43 Å². The van der Waals surface area contributed by atoms with Gasteiger partial charge in [0.15, 0.2) is 0 Å². The molecule has 1 N–H and O–H groups in total. The zero-order chi connectivity index (χ0) is 13.8. The molecule has 1 aromatic rings. The monoisotopic (exact) mass is 352 g/mol. The van der Waals surface area contributed by atoms with Crippen LogP contribution in [0.3, 0.4) is 0 Å². The zero-order valence-electron chi connectivity index (χ0n) is 10.4. The Hall–Kier alpha value is -0.230. The maximum Gasteiger partial charge on any atom is 0.240 e. The molecule has 1 atom stereocenters. The Balaban J connectivity index is 2.27. The number of halogens is 4. The lowest BCUT2D eigenvalue weighted by molar-refractivity contribution is 0.0736. The van der Waals surface area contributed by atoms with Crippen molar-refractivity contribution in [2.45, 2.75) is 18.9 Å². The number of piperazine rings is 1. The minimum Gasteiger partial charge on any atom is -0.314 e. The maximum absolute atomic E-state index is 12.9. The van der Waals surface area contributed by atoms with Crippen molar-refractivity contribution in [3.63, 3.8) is 0 Å². The van der Waals surface area contributed by atoms with Crippen molar-refractivity contribution in [3.05, 3.63) is 33.3 Å². The topological polar surface area (TPSA) is 15.3 Å². The van der Waals surface area contributed by atoms with E-state index in [1.54, 1.807) is 12.1 Å². The van der Waals surface area contributed by atoms with E-state index < -0.39 is 6.43 Å². The van der Waals surface area contributed by atoms with E-state index in [0.717, 1.165) is 36.2 Å². The van der Waals surface area contributed by atoms with Crippen LogP contribution in [-0.4, -0.2) is 37.5 Å². The smallest absolute Gasteiger partial charge is 0.240 e. The van der Waals surface area contributed by atoms with Crippen LogP contribution >= 0.6 is 27.5 Å². The van der Waals surface area contributed by atoms with Gasteiger partial charge in [0.1, 0.15) is 0 Å². The molecule has 1 aliphatic heterocycles. The summed E-state index contributed by atoms with van der Waals surface area (Å²) in [5.74, 6) is 0. The number of hydrogen-bond acceptors (Lipinski definition) is 2. The molecule has 0 bridgehead atoms. The lowest BCUT2D eigenvalue weighted by Crippen LogP contribution is -2.45. The number of nitrogens with zero attached hydrogens (tertiary/aromatic N) is 1. The number of alkyl halides is 2. The van der Waals surface area contributed by atoms with E-state index in [1.165, 1.54) is 0 Å². The number of hydrogen-bond donors (Lipinski definition) is 1. The average Bonchev–Trinajstić information content (AvgIpc) is 2.40. The Morgan fingerprint density at radius 1 is 1.32 bits per heavy atom. The molecule has 106 valence electrons. The van der Waals surface area contributed by atoms with Crippen LogP contribution in [-0.2, 0) is 0 Å². The summed E-state index contributed by atoms with van der Waals surface area (Å²) in [5.41, 5.74) is 0.842. The minimum absolute atomic E-state index is 0.168. The van der Waals surface area contributed by atoms with E-state index in [2.05, 4.69) is 26.1 Å². The summed E-state index contributed by atoms with van der Waals surface area (Å²) < 4.78 is 26.6. The van der Waals surface area contributed by atoms with E-state index in [4.69, 9.17) is 11.6 Å². The van der Waals surface area contributed by atoms with E-state index in [0.29, 0.717) is 5.02 Å². The molecule has 0 amide bonds. The molecule has 0 unspecified atom stereocenters. The van der Waals surface area contributed by atoms with Gasteiger partial charge in [-0.15, -0.1) is 0 Å². The molecular formula is C13H16BrClF2N2. The molecule has 2 nitrogen and oxygen atoms in total. The first-order valence-electron chi connectivity index (χ1n) is 6.26. The van der Waals surface area contributed by atoms with E-state index in [1.807, 2.05) is 6.07 Å². The van der Waals surface area contributed by atoms with Gasteiger partial charge < -0.3 is 5.32 Å². The Labute approximate surface area is 125 Å². The molecule has 1 fully saturated rings. The second-order valence-corrected chi connectivity index (χ2v) is 5.89. The van der Waals surface area contributed by atoms with Gasteiger partial charge >= 0.3 is 0 Å². The van der Waals surface area contributed by atoms with Gasteiger partial charge in [0.25, 0.3) is 0 Å². The van der Waals surface area contributed by atoms with Crippen molar-refractivity contribution in [3.8, 4) is 0 Å². The van der Waals surface area contributed by atoms with Crippen LogP contribution < -0.4 is 5.32 Å². The van der Waals surface area contributed by atoms with Gasteiger partial charge in [-0.2, -0.15) is 0 Å². The largest absolute Gasteiger partial charge is 0.314 e. The first kappa shape index (κ1) is 15.2. The Morgan fingerprint density at radius 3 is 2.63 bits per heavy atom. The average molecular weight is 354 g/mol. The maximum atomic E-state index is 12.9. The lowest BCUT2D eigenvalue weighted by Gasteiger charge is -2.35. The quantitative estimate of drug-likeness (QED) is 0.888. The van der Waals surface area contributed by atoms with E-state index in [9.17, 15) is 8.78 Å². The minimum atomic E-state index is -2.33. The van der Waals surface area contributed by atoms with Crippen LogP contribution in [0, 0.1) is 0 Å². The SMILES string of the molecule is FC(F)C[C@H](c1cc(Cl)ccc1Br)N1CCNCC1. The van der Waals surface area contributed by atoms with Gasteiger partial charge in [-0.1, -0.05) is 27.5 Å². The third kappa shape index (κ3) is 4.12. The normalized spacial score (nSPS) is 18.8. The third-order valence-corrected chi connectivity index (χ3v) is 4.27. The van der Waals surface area contributed by atoms with Crippen molar-refractivity contribution in [1.82, 2.24) is 10.2 Å². The summed E-state index contributed by atoms with van der Waals surface area (Å²) in [7, 11) is 0. The van der Waals surface area contributed by atoms with Crippen LogP contribution in [0.1, 0.15) is 18.0 Å². The zero-order valence-corrected chi connectivity index (χ0v) is 12.7. The predicted molar refractivity (Wildman–Crippen MR) is 77.0 cm³/mol. The highest BCUT2D eigenvalue weighted by Gasteiger charge is 2.27. The molecule has 6 heteroatoms. The van der Waals surface area contributed by atoms with Crippen molar-refractivity contribution in [1.29, 1.82) is 0 Å². The second kappa shape index (κ2) is 6.97. The molecule has 1 aromatic carbocycles. The van der Waals surface area contributed by atoms with E-state index in [-0.39, 0.29) is 12.5 Å². The Morgan fingerprint density at radius 2 is 2.00 bits per heavy atom. The first-order valence-corrected chi connectivity index (χ1v) is 7.43. The molecule has 2 rings (SSSR count). The van der Waals surface area contributed by atoms with Gasteiger partial charge in [0, 0.05) is 48.1 Å². The fourth-order valence-corrected chi connectivity index (χ4v) is 3.10. The highest BCUT2D eigenvalue weighted by Crippen LogP contribution is 2.34. The van der Waals surface area contributed by atoms with Crippen molar-refractivity contribution < 1.29 is 8.78 Å². The van der Waals surface area contributed by atoms with Crippen LogP contribution in [0.4, 0.5) is 8.78 Å². The van der Waals surface area contributed by atoms with Crippen LogP contribution in [0.2, 0.25) is 5.02 Å². The Bertz CT molecular complexity index is 425. The standard InChI is InChI=1S/C13H16BrClF2N2/c14-11-2-1-9(15)7-10(11)12(8-13(16)17)19-5-3-18-4-6-19/h1-2,7,12-13,18H,3-6,8H2/t12-/m1/s1. The number of rotatable bonds is 4. The number of benzene rings is 1. The summed E-state index contributed by atoms with van der Waals surface area (Å²) in [6, 6.07) is 5.06. The van der Waals surface area contributed by atoms with Crippen LogP contribution in [0.25, 0.3) is 0 Å². The van der Waals surface area contributed by atoms with Crippen molar-refractivity contribution >= 4 is 27.5 Å². The summed E-state index contributed by atoms with van der Waals surface area (Å²) in [4.78, 5) is 2.10. The second-order valence-electron chi connectivity index (χ2n) is 4.59. The van der Waals surface area contributed by atoms with Gasteiger partial charge in [0.05, 0.1) is 0 Å². The van der Waals surface area contributed by atoms with Crippen molar-refractivity contribution in [2.75, 3.05) is 26.2 Å². The van der Waals surface area contributed by atoms with Crippen LogP contribution in [0.5, 0.6) is 0 Å². The van der Waals surface area contributed by atoms with Gasteiger partial charge in [-0.05, 0) is 23.8 Å². The molecule has 0 aromatic heterocycles. The molecule has 0 aliphatic carbocycles. The van der Waals surface area contributed by atoms with Gasteiger partial charge in [-0.3, -0.25) is 4.90 Å². The fourth-order valence-electron chi connectivity index (χ4n) is 2.41. The first-order chi connectivity index (χ1) is 9.08. The highest BCUT2D eigenvalue weighted by molar-refractivity contribution is 9.10. The third-order valence-electron chi connectivity index (χ3n) is 3.31.